The van der Waals surface area contributed by atoms with Crippen molar-refractivity contribution in [1.82, 2.24) is 9.55 Å². The number of carbonyl (C=O) groups excluding carboxylic acids is 1. The van der Waals surface area contributed by atoms with Crippen molar-refractivity contribution in [2.75, 3.05) is 0 Å². The Labute approximate surface area is 149 Å². The van der Waals surface area contributed by atoms with Crippen molar-refractivity contribution < 1.29 is 4.79 Å². The number of aromatic amines is 1. The van der Waals surface area contributed by atoms with Gasteiger partial charge in [-0.1, -0.05) is 28.1 Å². The third-order valence-corrected chi connectivity index (χ3v) is 5.10. The fraction of sp³-hybridized carbons (Fsp3) is 0.188. The van der Waals surface area contributed by atoms with Crippen LogP contribution in [-0.4, -0.2) is 15.5 Å². The summed E-state index contributed by atoms with van der Waals surface area (Å²) in [6.45, 7) is 0.155. The Bertz CT molecular complexity index is 1020. The second-order valence-electron chi connectivity index (χ2n) is 5.32. The molecule has 0 saturated carbocycles. The number of thiophene rings is 1. The van der Waals surface area contributed by atoms with Crippen molar-refractivity contribution >= 4 is 43.4 Å². The van der Waals surface area contributed by atoms with Crippen LogP contribution in [0.4, 0.5) is 0 Å². The van der Waals surface area contributed by atoms with Gasteiger partial charge in [0.25, 0.3) is 5.56 Å². The van der Waals surface area contributed by atoms with Gasteiger partial charge in [-0.2, -0.15) is 0 Å². The quantitative estimate of drug-likeness (QED) is 0.679. The second-order valence-corrected chi connectivity index (χ2v) is 7.11. The highest BCUT2D eigenvalue weighted by Gasteiger charge is 2.15. The summed E-state index contributed by atoms with van der Waals surface area (Å²) in [5, 5.41) is 2.35. The Morgan fingerprint density at radius 3 is 2.62 bits per heavy atom. The average molecular weight is 408 g/mol. The molecular formula is C16H14BrN3O3S. The molecule has 3 aromatic rings. The molecule has 3 rings (SSSR count). The van der Waals surface area contributed by atoms with E-state index in [2.05, 4.69) is 20.9 Å². The smallest absolute Gasteiger partial charge is 0.329 e. The first kappa shape index (κ1) is 16.7. The summed E-state index contributed by atoms with van der Waals surface area (Å²) >= 11 is 4.71. The van der Waals surface area contributed by atoms with Gasteiger partial charge in [-0.15, -0.1) is 11.3 Å². The van der Waals surface area contributed by atoms with Gasteiger partial charge in [-0.05, 0) is 24.1 Å². The number of carbonyl (C=O) groups is 1. The number of hydrogen-bond donors (Lipinski definition) is 2. The van der Waals surface area contributed by atoms with Crippen molar-refractivity contribution in [3.8, 4) is 11.1 Å². The van der Waals surface area contributed by atoms with Gasteiger partial charge in [0, 0.05) is 28.4 Å². The maximum atomic E-state index is 12.8. The van der Waals surface area contributed by atoms with E-state index in [-0.39, 0.29) is 18.5 Å². The Hall–Kier alpha value is -2.19. The summed E-state index contributed by atoms with van der Waals surface area (Å²) in [6.07, 6.45) is 0.481. The fourth-order valence-corrected chi connectivity index (χ4v) is 3.73. The first-order valence-electron chi connectivity index (χ1n) is 7.26. The molecule has 2 aromatic heterocycles. The monoisotopic (exact) mass is 407 g/mol. The van der Waals surface area contributed by atoms with E-state index in [1.54, 1.807) is 0 Å². The number of benzene rings is 1. The van der Waals surface area contributed by atoms with Gasteiger partial charge in [0.05, 0.1) is 5.39 Å². The Morgan fingerprint density at radius 1 is 1.25 bits per heavy atom. The molecule has 2 heterocycles. The normalized spacial score (nSPS) is 11.0. The Morgan fingerprint density at radius 2 is 1.96 bits per heavy atom. The molecular weight excluding hydrogens is 394 g/mol. The number of fused-ring (bicyclic) bond motifs is 1. The van der Waals surface area contributed by atoms with Crippen molar-refractivity contribution in [3.63, 3.8) is 0 Å². The molecule has 0 saturated heterocycles. The van der Waals surface area contributed by atoms with Crippen LogP contribution in [0, 0.1) is 0 Å². The van der Waals surface area contributed by atoms with Gasteiger partial charge in [-0.3, -0.25) is 19.1 Å². The van der Waals surface area contributed by atoms with Gasteiger partial charge in [0.15, 0.2) is 0 Å². The van der Waals surface area contributed by atoms with E-state index in [4.69, 9.17) is 5.73 Å². The number of hydrogen-bond acceptors (Lipinski definition) is 4. The largest absolute Gasteiger partial charge is 0.370 e. The molecule has 8 heteroatoms. The number of halogens is 1. The number of H-pyrrole nitrogens is 1. The van der Waals surface area contributed by atoms with Crippen molar-refractivity contribution in [3.05, 3.63) is 55.0 Å². The highest BCUT2D eigenvalue weighted by atomic mass is 79.9. The molecule has 0 aliphatic rings. The topological polar surface area (TPSA) is 97.9 Å². The summed E-state index contributed by atoms with van der Waals surface area (Å²) < 4.78 is 2.07. The molecule has 0 aliphatic heterocycles. The number of aromatic nitrogens is 2. The Kier molecular flexibility index (Phi) is 4.68. The third-order valence-electron chi connectivity index (χ3n) is 3.68. The van der Waals surface area contributed by atoms with E-state index < -0.39 is 11.6 Å². The number of rotatable bonds is 5. The summed E-state index contributed by atoms with van der Waals surface area (Å²) in [4.78, 5) is 39.0. The summed E-state index contributed by atoms with van der Waals surface area (Å²) in [6, 6.07) is 7.62. The predicted molar refractivity (Wildman–Crippen MR) is 98.3 cm³/mol. The van der Waals surface area contributed by atoms with Crippen molar-refractivity contribution in [1.29, 1.82) is 0 Å². The number of primary amides is 1. The number of nitrogens with zero attached hydrogens (tertiary/aromatic N) is 1. The first-order valence-corrected chi connectivity index (χ1v) is 8.93. The zero-order chi connectivity index (χ0) is 17.3. The van der Waals surface area contributed by atoms with Crippen LogP contribution in [0.1, 0.15) is 12.8 Å². The lowest BCUT2D eigenvalue weighted by Gasteiger charge is -2.05. The van der Waals surface area contributed by atoms with Gasteiger partial charge in [0.1, 0.15) is 4.83 Å². The van der Waals surface area contributed by atoms with Gasteiger partial charge in [-0.25, -0.2) is 4.79 Å². The maximum absolute atomic E-state index is 12.8. The van der Waals surface area contributed by atoms with Crippen LogP contribution in [0.25, 0.3) is 21.3 Å². The molecule has 24 heavy (non-hydrogen) atoms. The second kappa shape index (κ2) is 6.74. The molecule has 0 atom stereocenters. The van der Waals surface area contributed by atoms with E-state index in [0.29, 0.717) is 16.6 Å². The molecule has 0 bridgehead atoms. The minimum atomic E-state index is -0.471. The highest BCUT2D eigenvalue weighted by molar-refractivity contribution is 9.10. The Balaban J connectivity index is 2.10. The number of amides is 1. The zero-order valence-electron chi connectivity index (χ0n) is 12.5. The SMILES string of the molecule is NC(=O)CCCn1c(=O)[nH]c2scc(-c3ccc(Br)cc3)c2c1=O. The summed E-state index contributed by atoms with van der Waals surface area (Å²) in [5.74, 6) is -0.452. The molecule has 3 N–H and O–H groups in total. The molecule has 1 aromatic carbocycles. The van der Waals surface area contributed by atoms with Crippen molar-refractivity contribution in [2.24, 2.45) is 5.73 Å². The molecule has 6 nitrogen and oxygen atoms in total. The third kappa shape index (κ3) is 3.20. The molecule has 0 fully saturated rings. The minimum Gasteiger partial charge on any atom is -0.370 e. The van der Waals surface area contributed by atoms with Crippen LogP contribution in [0.5, 0.6) is 0 Å². The zero-order valence-corrected chi connectivity index (χ0v) is 14.9. The number of nitrogens with two attached hydrogens (primary N) is 1. The first-order chi connectivity index (χ1) is 11.5. The van der Waals surface area contributed by atoms with E-state index in [1.807, 2.05) is 29.6 Å². The van der Waals surface area contributed by atoms with Gasteiger partial charge >= 0.3 is 5.69 Å². The van der Waals surface area contributed by atoms with Crippen molar-refractivity contribution in [2.45, 2.75) is 19.4 Å². The standard InChI is InChI=1S/C16H14BrN3O3S/c17-10-5-3-9(4-6-10)11-8-24-14-13(11)15(22)20(16(23)19-14)7-1-2-12(18)21/h3-6,8H,1-2,7H2,(H2,18,21)(H,19,23). The van der Waals surface area contributed by atoms with Crippen LogP contribution in [-0.2, 0) is 11.3 Å². The van der Waals surface area contributed by atoms with Crippen LogP contribution in [0.2, 0.25) is 0 Å². The lowest BCUT2D eigenvalue weighted by atomic mass is 10.1. The van der Waals surface area contributed by atoms with Crippen LogP contribution >= 0.6 is 27.3 Å². The molecule has 0 unspecified atom stereocenters. The molecule has 0 spiro atoms. The van der Waals surface area contributed by atoms with Gasteiger partial charge < -0.3 is 5.73 Å². The lowest BCUT2D eigenvalue weighted by Crippen LogP contribution is -2.35. The van der Waals surface area contributed by atoms with Crippen LogP contribution < -0.4 is 17.0 Å². The van der Waals surface area contributed by atoms with E-state index in [1.165, 1.54) is 11.3 Å². The summed E-state index contributed by atoms with van der Waals surface area (Å²) in [5.41, 5.74) is 5.97. The minimum absolute atomic E-state index is 0.132. The van der Waals surface area contributed by atoms with E-state index in [9.17, 15) is 14.4 Å². The predicted octanol–water partition coefficient (Wildman–Crippen LogP) is 2.45. The van der Waals surface area contributed by atoms with Crippen LogP contribution in [0.3, 0.4) is 0 Å². The van der Waals surface area contributed by atoms with E-state index >= 15 is 0 Å². The molecule has 0 radical (unpaired) electrons. The summed E-state index contributed by atoms with van der Waals surface area (Å²) in [7, 11) is 0. The number of nitrogens with one attached hydrogen (secondary N) is 1. The highest BCUT2D eigenvalue weighted by Crippen LogP contribution is 2.30. The molecule has 1 amide bonds. The molecule has 0 aliphatic carbocycles. The van der Waals surface area contributed by atoms with E-state index in [0.717, 1.165) is 20.2 Å². The molecule has 124 valence electrons. The van der Waals surface area contributed by atoms with Gasteiger partial charge in [0.2, 0.25) is 5.91 Å². The lowest BCUT2D eigenvalue weighted by molar-refractivity contribution is -0.118. The fourth-order valence-electron chi connectivity index (χ4n) is 2.51. The average Bonchev–Trinajstić information content (AvgIpc) is 2.95. The van der Waals surface area contributed by atoms with Crippen LogP contribution in [0.15, 0.2) is 43.7 Å². The maximum Gasteiger partial charge on any atom is 0.329 e.